The Morgan fingerprint density at radius 3 is 2.76 bits per heavy atom. The molecular formula is C26H24FN5O. The van der Waals surface area contributed by atoms with E-state index in [0.717, 1.165) is 47.2 Å². The number of fused-ring (bicyclic) bond motifs is 1. The van der Waals surface area contributed by atoms with Gasteiger partial charge in [-0.3, -0.25) is 9.67 Å². The lowest BCUT2D eigenvalue weighted by atomic mass is 9.97. The molecule has 1 aliphatic rings. The monoisotopic (exact) mass is 441 g/mol. The van der Waals surface area contributed by atoms with Crippen LogP contribution < -0.4 is 4.74 Å². The summed E-state index contributed by atoms with van der Waals surface area (Å²) in [4.78, 5) is 7.02. The van der Waals surface area contributed by atoms with Gasteiger partial charge >= 0.3 is 0 Å². The lowest BCUT2D eigenvalue weighted by Gasteiger charge is -2.15. The smallest absolute Gasteiger partial charge is 0.141 e. The van der Waals surface area contributed by atoms with Crippen LogP contribution in [0.15, 0.2) is 54.9 Å². The van der Waals surface area contributed by atoms with Gasteiger partial charge in [-0.05, 0) is 55.9 Å². The van der Waals surface area contributed by atoms with E-state index in [2.05, 4.69) is 17.0 Å². The van der Waals surface area contributed by atoms with Crippen molar-refractivity contribution in [2.75, 3.05) is 26.7 Å². The molecule has 0 spiro atoms. The number of benzene rings is 2. The van der Waals surface area contributed by atoms with Crippen LogP contribution in [-0.4, -0.2) is 46.4 Å². The molecule has 0 radical (unpaired) electrons. The molecule has 0 bridgehead atoms. The van der Waals surface area contributed by atoms with Gasteiger partial charge in [0.05, 0.1) is 29.6 Å². The van der Waals surface area contributed by atoms with Gasteiger partial charge in [0.1, 0.15) is 17.6 Å². The van der Waals surface area contributed by atoms with Gasteiger partial charge in [-0.25, -0.2) is 4.39 Å². The summed E-state index contributed by atoms with van der Waals surface area (Å²) in [5.41, 5.74) is 3.93. The average Bonchev–Trinajstić information content (AvgIpc) is 3.40. The van der Waals surface area contributed by atoms with Crippen molar-refractivity contribution in [3.63, 3.8) is 0 Å². The second-order valence-electron chi connectivity index (χ2n) is 8.68. The maximum absolute atomic E-state index is 14.5. The van der Waals surface area contributed by atoms with E-state index < -0.39 is 5.82 Å². The number of nitriles is 1. The molecule has 7 heteroatoms. The van der Waals surface area contributed by atoms with Gasteiger partial charge in [0, 0.05) is 42.2 Å². The maximum Gasteiger partial charge on any atom is 0.141 e. The minimum absolute atomic E-state index is 0.0165. The highest BCUT2D eigenvalue weighted by molar-refractivity contribution is 5.88. The molecule has 1 fully saturated rings. The first kappa shape index (κ1) is 21.1. The molecule has 33 heavy (non-hydrogen) atoms. The number of hydrogen-bond donors (Lipinski definition) is 0. The predicted molar refractivity (Wildman–Crippen MR) is 125 cm³/mol. The first-order chi connectivity index (χ1) is 16.0. The van der Waals surface area contributed by atoms with Gasteiger partial charge in [-0.15, -0.1) is 0 Å². The molecule has 1 unspecified atom stereocenters. The number of rotatable bonds is 5. The summed E-state index contributed by atoms with van der Waals surface area (Å²) < 4.78 is 22.3. The van der Waals surface area contributed by atoms with E-state index in [0.29, 0.717) is 23.8 Å². The third kappa shape index (κ3) is 4.30. The number of likely N-dealkylation sites (tertiary alicyclic amines) is 1. The largest absolute Gasteiger partial charge is 0.492 e. The molecule has 2 aromatic heterocycles. The molecule has 4 aromatic rings. The van der Waals surface area contributed by atoms with Crippen molar-refractivity contribution in [3.05, 3.63) is 66.2 Å². The zero-order chi connectivity index (χ0) is 22.9. The van der Waals surface area contributed by atoms with E-state index >= 15 is 0 Å². The van der Waals surface area contributed by atoms with E-state index in [1.165, 1.54) is 12.1 Å². The van der Waals surface area contributed by atoms with E-state index in [4.69, 9.17) is 15.0 Å². The maximum atomic E-state index is 14.5. The zero-order valence-electron chi connectivity index (χ0n) is 18.6. The van der Waals surface area contributed by atoms with E-state index in [1.54, 1.807) is 16.9 Å². The summed E-state index contributed by atoms with van der Waals surface area (Å²) in [6.07, 6.45) is 4.79. The van der Waals surface area contributed by atoms with Crippen LogP contribution in [0.4, 0.5) is 4.39 Å². The number of aryl methyl sites for hydroxylation is 1. The van der Waals surface area contributed by atoms with Crippen LogP contribution in [0, 0.1) is 23.1 Å². The van der Waals surface area contributed by atoms with Gasteiger partial charge < -0.3 is 9.64 Å². The topological polar surface area (TPSA) is 67.0 Å². The van der Waals surface area contributed by atoms with Crippen LogP contribution >= 0.6 is 0 Å². The minimum atomic E-state index is -0.552. The molecule has 6 nitrogen and oxygen atoms in total. The highest BCUT2D eigenvalue weighted by atomic mass is 19.1. The number of aromatic nitrogens is 3. The quantitative estimate of drug-likeness (QED) is 0.451. The third-order valence-corrected chi connectivity index (χ3v) is 6.13. The van der Waals surface area contributed by atoms with Crippen molar-refractivity contribution in [1.82, 2.24) is 19.7 Å². The molecular weight excluding hydrogens is 417 g/mol. The Morgan fingerprint density at radius 2 is 2.00 bits per heavy atom. The van der Waals surface area contributed by atoms with E-state index in [9.17, 15) is 4.39 Å². The second kappa shape index (κ2) is 8.64. The molecule has 1 atom stereocenters. The van der Waals surface area contributed by atoms with Gasteiger partial charge in [0.25, 0.3) is 0 Å². The Balaban J connectivity index is 1.55. The molecule has 1 aliphatic heterocycles. The van der Waals surface area contributed by atoms with Crippen molar-refractivity contribution in [2.24, 2.45) is 13.0 Å². The molecule has 166 valence electrons. The highest BCUT2D eigenvalue weighted by Crippen LogP contribution is 2.35. The lowest BCUT2D eigenvalue weighted by Crippen LogP contribution is -2.18. The molecule has 0 aliphatic carbocycles. The SMILES string of the molecule is CN1CCC(COc2cnc(-c3ccc4nn(C)cc4c3)c(-c3ccc(C#N)c(F)c3)c2)C1. The first-order valence-corrected chi connectivity index (χ1v) is 11.0. The molecule has 5 rings (SSSR count). The highest BCUT2D eigenvalue weighted by Gasteiger charge is 2.20. The Labute approximate surface area is 191 Å². The average molecular weight is 442 g/mol. The fourth-order valence-electron chi connectivity index (χ4n) is 4.42. The zero-order valence-corrected chi connectivity index (χ0v) is 18.6. The summed E-state index contributed by atoms with van der Waals surface area (Å²) in [6, 6.07) is 14.4. The fourth-order valence-corrected chi connectivity index (χ4v) is 4.42. The van der Waals surface area contributed by atoms with Crippen molar-refractivity contribution in [2.45, 2.75) is 6.42 Å². The van der Waals surface area contributed by atoms with E-state index in [-0.39, 0.29) is 5.56 Å². The first-order valence-electron chi connectivity index (χ1n) is 11.0. The van der Waals surface area contributed by atoms with Gasteiger partial charge in [-0.1, -0.05) is 12.1 Å². The molecule has 3 heterocycles. The molecule has 0 N–H and O–H groups in total. The van der Waals surface area contributed by atoms with Gasteiger partial charge in [0.2, 0.25) is 0 Å². The van der Waals surface area contributed by atoms with E-state index in [1.807, 2.05) is 43.6 Å². The number of pyridine rings is 1. The summed E-state index contributed by atoms with van der Waals surface area (Å²) >= 11 is 0. The minimum Gasteiger partial charge on any atom is -0.492 e. The Morgan fingerprint density at radius 1 is 1.15 bits per heavy atom. The summed E-state index contributed by atoms with van der Waals surface area (Å²) in [7, 11) is 4.00. The summed E-state index contributed by atoms with van der Waals surface area (Å²) in [5.74, 6) is 0.581. The van der Waals surface area contributed by atoms with Crippen molar-refractivity contribution in [1.29, 1.82) is 5.26 Å². The normalized spacial score (nSPS) is 16.2. The fraction of sp³-hybridized carbons (Fsp3) is 0.269. The molecule has 2 aromatic carbocycles. The van der Waals surface area contributed by atoms with Crippen molar-refractivity contribution < 1.29 is 9.13 Å². The lowest BCUT2D eigenvalue weighted by molar-refractivity contribution is 0.248. The van der Waals surface area contributed by atoms with Crippen LogP contribution in [0.5, 0.6) is 5.75 Å². The van der Waals surface area contributed by atoms with Crippen molar-refractivity contribution >= 4 is 10.9 Å². The van der Waals surface area contributed by atoms with Crippen LogP contribution in [0.3, 0.4) is 0 Å². The number of nitrogens with zero attached hydrogens (tertiary/aromatic N) is 5. The van der Waals surface area contributed by atoms with Gasteiger partial charge in [-0.2, -0.15) is 10.4 Å². The Bertz CT molecular complexity index is 1370. The number of halogens is 1. The molecule has 0 saturated carbocycles. The Kier molecular flexibility index (Phi) is 5.53. The summed E-state index contributed by atoms with van der Waals surface area (Å²) in [5, 5.41) is 14.6. The second-order valence-corrected chi connectivity index (χ2v) is 8.68. The molecule has 0 amide bonds. The van der Waals surface area contributed by atoms with Crippen LogP contribution in [0.2, 0.25) is 0 Å². The predicted octanol–water partition coefficient (Wildman–Crippen LogP) is 4.64. The third-order valence-electron chi connectivity index (χ3n) is 6.13. The number of ether oxygens (including phenoxy) is 1. The van der Waals surface area contributed by atoms with Gasteiger partial charge in [0.15, 0.2) is 0 Å². The molecule has 1 saturated heterocycles. The van der Waals surface area contributed by atoms with Crippen LogP contribution in [0.1, 0.15) is 12.0 Å². The number of hydrogen-bond acceptors (Lipinski definition) is 5. The Hall–Kier alpha value is -3.76. The van der Waals surface area contributed by atoms with Crippen LogP contribution in [0.25, 0.3) is 33.3 Å². The standard InChI is InChI=1S/C26H24FN5O/c1-31-8-7-17(14-31)16-33-22-11-23(18-3-4-20(12-28)24(27)10-18)26(29-13-22)19-5-6-25-21(9-19)15-32(2)30-25/h3-6,9-11,13,15,17H,7-8,14,16H2,1-2H3. The van der Waals surface area contributed by atoms with Crippen molar-refractivity contribution in [3.8, 4) is 34.2 Å². The van der Waals surface area contributed by atoms with Crippen LogP contribution in [-0.2, 0) is 7.05 Å². The summed E-state index contributed by atoms with van der Waals surface area (Å²) in [6.45, 7) is 2.72.